The zero-order valence-corrected chi connectivity index (χ0v) is 18.7. The number of rotatable bonds is 13. The SMILES string of the molecule is CCOC(=O)c1ccc(OCC(O)CN(Cc2ccc(OC(F)F)c(OC)c2)C2CC2)cc1. The first-order chi connectivity index (χ1) is 15.9. The third kappa shape index (κ3) is 7.57. The third-order valence-electron chi connectivity index (χ3n) is 5.15. The van der Waals surface area contributed by atoms with Crippen molar-refractivity contribution in [2.45, 2.75) is 45.1 Å². The number of aliphatic hydroxyl groups excluding tert-OH is 1. The van der Waals surface area contributed by atoms with Gasteiger partial charge in [0, 0.05) is 19.1 Å². The molecule has 1 saturated carbocycles. The van der Waals surface area contributed by atoms with Crippen LogP contribution in [0.25, 0.3) is 0 Å². The van der Waals surface area contributed by atoms with Gasteiger partial charge in [-0.3, -0.25) is 4.90 Å². The first kappa shape index (κ1) is 24.7. The Balaban J connectivity index is 1.54. The third-order valence-corrected chi connectivity index (χ3v) is 5.15. The lowest BCUT2D eigenvalue weighted by molar-refractivity contribution is -0.0512. The quantitative estimate of drug-likeness (QED) is 0.450. The smallest absolute Gasteiger partial charge is 0.387 e. The molecule has 0 aromatic heterocycles. The average Bonchev–Trinajstić information content (AvgIpc) is 3.64. The molecule has 1 atom stereocenters. The van der Waals surface area contributed by atoms with Gasteiger partial charge in [0.25, 0.3) is 0 Å². The summed E-state index contributed by atoms with van der Waals surface area (Å²) in [6.07, 6.45) is 1.33. The van der Waals surface area contributed by atoms with Crippen LogP contribution >= 0.6 is 0 Å². The van der Waals surface area contributed by atoms with Gasteiger partial charge < -0.3 is 24.1 Å². The van der Waals surface area contributed by atoms with E-state index in [-0.39, 0.29) is 18.1 Å². The molecule has 2 aromatic carbocycles. The van der Waals surface area contributed by atoms with Gasteiger partial charge in [-0.2, -0.15) is 8.78 Å². The summed E-state index contributed by atoms with van der Waals surface area (Å²) in [6.45, 7) is 0.136. The highest BCUT2D eigenvalue weighted by atomic mass is 19.3. The van der Waals surface area contributed by atoms with Crippen LogP contribution in [-0.2, 0) is 11.3 Å². The maximum Gasteiger partial charge on any atom is 0.387 e. The molecule has 1 aliphatic carbocycles. The van der Waals surface area contributed by atoms with E-state index in [0.29, 0.717) is 37.1 Å². The second kappa shape index (κ2) is 11.8. The van der Waals surface area contributed by atoms with Crippen LogP contribution in [0.2, 0.25) is 0 Å². The van der Waals surface area contributed by atoms with E-state index in [1.165, 1.54) is 13.2 Å². The van der Waals surface area contributed by atoms with Crippen LogP contribution in [0.15, 0.2) is 42.5 Å². The summed E-state index contributed by atoms with van der Waals surface area (Å²) in [6, 6.07) is 11.7. The van der Waals surface area contributed by atoms with Gasteiger partial charge >= 0.3 is 12.6 Å². The maximum atomic E-state index is 12.5. The lowest BCUT2D eigenvalue weighted by Gasteiger charge is -2.25. The van der Waals surface area contributed by atoms with Crippen LogP contribution in [0.4, 0.5) is 8.78 Å². The van der Waals surface area contributed by atoms with Crippen molar-refractivity contribution in [1.29, 1.82) is 0 Å². The summed E-state index contributed by atoms with van der Waals surface area (Å²) in [5.41, 5.74) is 1.30. The molecule has 0 aliphatic heterocycles. The number of halogens is 2. The zero-order chi connectivity index (χ0) is 23.8. The zero-order valence-electron chi connectivity index (χ0n) is 18.7. The molecular formula is C24H29F2NO6. The molecule has 180 valence electrons. The lowest BCUT2D eigenvalue weighted by Crippen LogP contribution is -2.36. The fraction of sp³-hybridized carbons (Fsp3) is 0.458. The van der Waals surface area contributed by atoms with Crippen molar-refractivity contribution < 1.29 is 37.6 Å². The van der Waals surface area contributed by atoms with E-state index < -0.39 is 18.7 Å². The van der Waals surface area contributed by atoms with Gasteiger partial charge in [-0.05, 0) is 61.7 Å². The monoisotopic (exact) mass is 465 g/mol. The van der Waals surface area contributed by atoms with Crippen molar-refractivity contribution >= 4 is 5.97 Å². The molecule has 0 bridgehead atoms. The number of esters is 1. The van der Waals surface area contributed by atoms with E-state index in [4.69, 9.17) is 14.2 Å². The molecule has 0 radical (unpaired) electrons. The van der Waals surface area contributed by atoms with Crippen molar-refractivity contribution in [1.82, 2.24) is 4.90 Å². The van der Waals surface area contributed by atoms with Crippen LogP contribution in [0.3, 0.4) is 0 Å². The summed E-state index contributed by atoms with van der Waals surface area (Å²) in [5.74, 6) is 0.365. The molecule has 0 spiro atoms. The molecular weight excluding hydrogens is 436 g/mol. The van der Waals surface area contributed by atoms with E-state index in [1.807, 2.05) is 0 Å². The summed E-state index contributed by atoms with van der Waals surface area (Å²) >= 11 is 0. The highest BCUT2D eigenvalue weighted by Gasteiger charge is 2.30. The fourth-order valence-corrected chi connectivity index (χ4v) is 3.44. The normalized spacial score (nSPS) is 14.3. The van der Waals surface area contributed by atoms with E-state index in [2.05, 4.69) is 9.64 Å². The van der Waals surface area contributed by atoms with Crippen LogP contribution in [0.1, 0.15) is 35.7 Å². The molecule has 0 heterocycles. The fourth-order valence-electron chi connectivity index (χ4n) is 3.44. The number of aliphatic hydroxyl groups is 1. The molecule has 1 N–H and O–H groups in total. The summed E-state index contributed by atoms with van der Waals surface area (Å²) in [4.78, 5) is 13.9. The number of methoxy groups -OCH3 is 1. The van der Waals surface area contributed by atoms with Crippen LogP contribution < -0.4 is 14.2 Å². The molecule has 0 saturated heterocycles. The first-order valence-corrected chi connectivity index (χ1v) is 10.8. The second-order valence-corrected chi connectivity index (χ2v) is 7.73. The van der Waals surface area contributed by atoms with Crippen molar-refractivity contribution in [3.63, 3.8) is 0 Å². The van der Waals surface area contributed by atoms with Gasteiger partial charge in [0.2, 0.25) is 0 Å². The average molecular weight is 465 g/mol. The standard InChI is InChI=1S/C24H29F2NO6/c1-3-31-23(29)17-5-9-20(10-6-17)32-15-19(28)14-27(18-7-8-18)13-16-4-11-21(33-24(25)26)22(12-16)30-2/h4-6,9-12,18-19,24,28H,3,7-8,13-15H2,1-2H3. The Hall–Kier alpha value is -2.91. The number of hydrogen-bond acceptors (Lipinski definition) is 7. The minimum absolute atomic E-state index is 0.0170. The van der Waals surface area contributed by atoms with Gasteiger partial charge in [0.1, 0.15) is 18.5 Å². The van der Waals surface area contributed by atoms with Crippen LogP contribution in [-0.4, -0.2) is 61.6 Å². The molecule has 7 nitrogen and oxygen atoms in total. The molecule has 1 aliphatic rings. The number of hydrogen-bond donors (Lipinski definition) is 1. The van der Waals surface area contributed by atoms with Gasteiger partial charge in [0.15, 0.2) is 11.5 Å². The van der Waals surface area contributed by atoms with Crippen molar-refractivity contribution in [3.05, 3.63) is 53.6 Å². The minimum Gasteiger partial charge on any atom is -0.493 e. The summed E-state index contributed by atoms with van der Waals surface area (Å²) in [5, 5.41) is 10.5. The van der Waals surface area contributed by atoms with E-state index in [9.17, 15) is 18.7 Å². The van der Waals surface area contributed by atoms with Gasteiger partial charge in [-0.1, -0.05) is 6.07 Å². The number of carbonyl (C=O) groups excluding carboxylic acids is 1. The van der Waals surface area contributed by atoms with Gasteiger partial charge in [-0.15, -0.1) is 0 Å². The van der Waals surface area contributed by atoms with E-state index >= 15 is 0 Å². The predicted molar refractivity (Wildman–Crippen MR) is 117 cm³/mol. The van der Waals surface area contributed by atoms with E-state index in [1.54, 1.807) is 43.3 Å². The number of benzene rings is 2. The maximum absolute atomic E-state index is 12.5. The molecule has 3 rings (SSSR count). The number of ether oxygens (including phenoxy) is 4. The van der Waals surface area contributed by atoms with Crippen molar-refractivity contribution in [3.8, 4) is 17.2 Å². The van der Waals surface area contributed by atoms with Crippen molar-refractivity contribution in [2.24, 2.45) is 0 Å². The Morgan fingerprint density at radius 2 is 1.88 bits per heavy atom. The van der Waals surface area contributed by atoms with Crippen LogP contribution in [0, 0.1) is 0 Å². The number of carbonyl (C=O) groups is 1. The molecule has 9 heteroatoms. The lowest BCUT2D eigenvalue weighted by atomic mass is 10.1. The number of nitrogens with zero attached hydrogens (tertiary/aromatic N) is 1. The summed E-state index contributed by atoms with van der Waals surface area (Å²) in [7, 11) is 1.40. The Morgan fingerprint density at radius 1 is 1.15 bits per heavy atom. The first-order valence-electron chi connectivity index (χ1n) is 10.8. The molecule has 0 amide bonds. The minimum atomic E-state index is -2.93. The number of alkyl halides is 2. The highest BCUT2D eigenvalue weighted by molar-refractivity contribution is 5.89. The largest absolute Gasteiger partial charge is 0.493 e. The van der Waals surface area contributed by atoms with E-state index in [0.717, 1.165) is 18.4 Å². The second-order valence-electron chi connectivity index (χ2n) is 7.73. The molecule has 1 unspecified atom stereocenters. The summed E-state index contributed by atoms with van der Waals surface area (Å²) < 4.78 is 45.3. The Morgan fingerprint density at radius 3 is 2.48 bits per heavy atom. The predicted octanol–water partition coefficient (Wildman–Crippen LogP) is 3.88. The van der Waals surface area contributed by atoms with Crippen LogP contribution in [0.5, 0.6) is 17.2 Å². The van der Waals surface area contributed by atoms with Crippen molar-refractivity contribution in [2.75, 3.05) is 26.9 Å². The Labute approximate surface area is 191 Å². The van der Waals surface area contributed by atoms with Gasteiger partial charge in [0.05, 0.1) is 19.3 Å². The molecule has 33 heavy (non-hydrogen) atoms. The Kier molecular flexibility index (Phi) is 8.85. The topological polar surface area (TPSA) is 77.5 Å². The highest BCUT2D eigenvalue weighted by Crippen LogP contribution is 2.32. The molecule has 2 aromatic rings. The molecule has 1 fully saturated rings. The Bertz CT molecular complexity index is 904. The van der Waals surface area contributed by atoms with Gasteiger partial charge in [-0.25, -0.2) is 4.79 Å².